The normalized spacial score (nSPS) is 23.1. The number of carbonyl (C=O) groups is 2. The molecule has 7 nitrogen and oxygen atoms in total. The van der Waals surface area contributed by atoms with Crippen LogP contribution in [0, 0.1) is 11.8 Å². The summed E-state index contributed by atoms with van der Waals surface area (Å²) in [4.78, 5) is 25.8. The summed E-state index contributed by atoms with van der Waals surface area (Å²) >= 11 is 0. The summed E-state index contributed by atoms with van der Waals surface area (Å²) in [5.41, 5.74) is 6.67. The van der Waals surface area contributed by atoms with Crippen LogP contribution in [0.5, 0.6) is 5.75 Å². The highest BCUT2D eigenvalue weighted by atomic mass is 16.5. The molecule has 0 aliphatic heterocycles. The lowest BCUT2D eigenvalue weighted by atomic mass is 9.78. The largest absolute Gasteiger partial charge is 0.493 e. The molecular formula is C22H32N2O5. The van der Waals surface area contributed by atoms with Crippen molar-refractivity contribution in [1.82, 2.24) is 4.90 Å². The number of aliphatic hydroxyl groups excluding tert-OH is 1. The molecule has 160 valence electrons. The Morgan fingerprint density at radius 1 is 1.21 bits per heavy atom. The average molecular weight is 405 g/mol. The van der Waals surface area contributed by atoms with Crippen molar-refractivity contribution in [2.24, 2.45) is 17.6 Å². The fraction of sp³-hybridized carbons (Fsp3) is 0.636. The van der Waals surface area contributed by atoms with E-state index in [-0.39, 0.29) is 24.0 Å². The standard InChI is InChI=1S/C22H32N2O5/c1-24(16-4-2-5-16)21(26)20(23)15-10-8-14(9-11-15)13-29-19-7-3-6-17(22(27)28)18(19)12-25/h3,6-7,14-16,20,25H,2,4-5,8-13,23H2,1H3,(H,27,28)/t14?,15?,20-/m0/s1. The van der Waals surface area contributed by atoms with Gasteiger partial charge in [0, 0.05) is 18.7 Å². The van der Waals surface area contributed by atoms with Gasteiger partial charge in [-0.05, 0) is 68.9 Å². The molecule has 0 spiro atoms. The molecule has 2 aliphatic carbocycles. The molecule has 2 fully saturated rings. The predicted octanol–water partition coefficient (Wildman–Crippen LogP) is 2.40. The van der Waals surface area contributed by atoms with E-state index in [1.807, 2.05) is 11.9 Å². The van der Waals surface area contributed by atoms with E-state index in [1.165, 1.54) is 12.5 Å². The molecule has 1 aromatic rings. The van der Waals surface area contributed by atoms with Gasteiger partial charge in [0.1, 0.15) is 5.75 Å². The van der Waals surface area contributed by atoms with E-state index in [1.54, 1.807) is 12.1 Å². The van der Waals surface area contributed by atoms with Gasteiger partial charge in [-0.15, -0.1) is 0 Å². The fourth-order valence-electron chi connectivity index (χ4n) is 4.38. The van der Waals surface area contributed by atoms with Gasteiger partial charge < -0.3 is 25.6 Å². The first-order valence-corrected chi connectivity index (χ1v) is 10.5. The number of ether oxygens (including phenoxy) is 1. The number of amides is 1. The van der Waals surface area contributed by atoms with Gasteiger partial charge in [-0.3, -0.25) is 4.79 Å². The van der Waals surface area contributed by atoms with Crippen molar-refractivity contribution >= 4 is 11.9 Å². The number of benzene rings is 1. The van der Waals surface area contributed by atoms with Gasteiger partial charge in [0.25, 0.3) is 0 Å². The van der Waals surface area contributed by atoms with Gasteiger partial charge in [-0.25, -0.2) is 4.79 Å². The Kier molecular flexibility index (Phi) is 7.14. The third kappa shape index (κ3) is 4.90. The van der Waals surface area contributed by atoms with Crippen molar-refractivity contribution in [3.63, 3.8) is 0 Å². The Labute approximate surface area is 171 Å². The summed E-state index contributed by atoms with van der Waals surface area (Å²) < 4.78 is 5.86. The first-order valence-electron chi connectivity index (χ1n) is 10.5. The smallest absolute Gasteiger partial charge is 0.336 e. The van der Waals surface area contributed by atoms with Crippen molar-refractivity contribution in [2.75, 3.05) is 13.7 Å². The van der Waals surface area contributed by atoms with Crippen molar-refractivity contribution < 1.29 is 24.5 Å². The van der Waals surface area contributed by atoms with Crippen LogP contribution in [0.2, 0.25) is 0 Å². The number of aromatic carboxylic acids is 1. The van der Waals surface area contributed by atoms with Gasteiger partial charge in [-0.2, -0.15) is 0 Å². The van der Waals surface area contributed by atoms with Gasteiger partial charge in [-0.1, -0.05) is 6.07 Å². The highest BCUT2D eigenvalue weighted by molar-refractivity contribution is 5.90. The summed E-state index contributed by atoms with van der Waals surface area (Å²) in [6.07, 6.45) is 6.98. The first kappa shape index (κ1) is 21.6. The summed E-state index contributed by atoms with van der Waals surface area (Å²) in [5.74, 6) is -0.0657. The number of nitrogens with two attached hydrogens (primary N) is 1. The van der Waals surface area contributed by atoms with E-state index in [0.29, 0.717) is 29.9 Å². The van der Waals surface area contributed by atoms with E-state index in [0.717, 1.165) is 38.5 Å². The van der Waals surface area contributed by atoms with Crippen LogP contribution in [0.25, 0.3) is 0 Å². The van der Waals surface area contributed by atoms with E-state index < -0.39 is 12.0 Å². The SMILES string of the molecule is CN(C(=O)[C@@H](N)C1CCC(COc2cccc(C(=O)O)c2CO)CC1)C1CCC1. The Morgan fingerprint density at radius 2 is 1.90 bits per heavy atom. The molecule has 1 amide bonds. The molecule has 7 heteroatoms. The van der Waals surface area contributed by atoms with Crippen molar-refractivity contribution in [3.05, 3.63) is 29.3 Å². The van der Waals surface area contributed by atoms with Gasteiger partial charge >= 0.3 is 5.97 Å². The molecule has 0 saturated heterocycles. The second kappa shape index (κ2) is 9.59. The first-order chi connectivity index (χ1) is 13.9. The van der Waals surface area contributed by atoms with E-state index in [2.05, 4.69) is 0 Å². The van der Waals surface area contributed by atoms with Crippen molar-refractivity contribution in [1.29, 1.82) is 0 Å². The van der Waals surface area contributed by atoms with Crippen molar-refractivity contribution in [2.45, 2.75) is 63.6 Å². The minimum Gasteiger partial charge on any atom is -0.493 e. The number of rotatable bonds is 8. The van der Waals surface area contributed by atoms with Crippen LogP contribution >= 0.6 is 0 Å². The zero-order valence-electron chi connectivity index (χ0n) is 17.0. The van der Waals surface area contributed by atoms with E-state index >= 15 is 0 Å². The molecule has 0 radical (unpaired) electrons. The topological polar surface area (TPSA) is 113 Å². The molecule has 0 aromatic heterocycles. The number of carboxylic acids is 1. The van der Waals surface area contributed by atoms with Crippen LogP contribution < -0.4 is 10.5 Å². The minimum atomic E-state index is -1.08. The van der Waals surface area contributed by atoms with E-state index in [4.69, 9.17) is 10.5 Å². The minimum absolute atomic E-state index is 0.0625. The van der Waals surface area contributed by atoms with Crippen LogP contribution in [0.3, 0.4) is 0 Å². The van der Waals surface area contributed by atoms with Crippen LogP contribution in [0.15, 0.2) is 18.2 Å². The zero-order valence-corrected chi connectivity index (χ0v) is 17.0. The summed E-state index contributed by atoms with van der Waals surface area (Å²) in [5, 5.41) is 18.8. The molecule has 2 aliphatic rings. The third-order valence-corrected chi connectivity index (χ3v) is 6.65. The second-order valence-corrected chi connectivity index (χ2v) is 8.40. The summed E-state index contributed by atoms with van der Waals surface area (Å²) in [6, 6.07) is 4.70. The maximum atomic E-state index is 12.6. The second-order valence-electron chi connectivity index (χ2n) is 8.40. The number of likely N-dealkylation sites (N-methyl/N-ethyl adjacent to an activating group) is 1. The monoisotopic (exact) mass is 404 g/mol. The van der Waals surface area contributed by atoms with Crippen LogP contribution in [-0.2, 0) is 11.4 Å². The Hall–Kier alpha value is -2.12. The molecule has 4 N–H and O–H groups in total. The lowest BCUT2D eigenvalue weighted by Gasteiger charge is -2.38. The Balaban J connectivity index is 1.49. The van der Waals surface area contributed by atoms with Gasteiger partial charge in [0.15, 0.2) is 0 Å². The molecule has 0 unspecified atom stereocenters. The molecule has 29 heavy (non-hydrogen) atoms. The van der Waals surface area contributed by atoms with Gasteiger partial charge in [0.05, 0.1) is 24.8 Å². The Bertz CT molecular complexity index is 726. The molecule has 1 atom stereocenters. The zero-order chi connectivity index (χ0) is 21.0. The Morgan fingerprint density at radius 3 is 2.45 bits per heavy atom. The number of carbonyl (C=O) groups excluding carboxylic acids is 1. The van der Waals surface area contributed by atoms with Crippen LogP contribution in [0.1, 0.15) is 60.9 Å². The molecule has 1 aromatic carbocycles. The number of nitrogens with zero attached hydrogens (tertiary/aromatic N) is 1. The lowest BCUT2D eigenvalue weighted by Crippen LogP contribution is -2.52. The molecule has 2 saturated carbocycles. The number of hydrogen-bond donors (Lipinski definition) is 3. The summed E-state index contributed by atoms with van der Waals surface area (Å²) in [7, 11) is 1.87. The molecule has 0 bridgehead atoms. The predicted molar refractivity (Wildman–Crippen MR) is 109 cm³/mol. The average Bonchev–Trinajstić information content (AvgIpc) is 2.69. The number of hydrogen-bond acceptors (Lipinski definition) is 5. The summed E-state index contributed by atoms with van der Waals surface area (Å²) in [6.45, 7) is 0.0873. The number of carboxylic acid groups (broad SMARTS) is 1. The molecule has 0 heterocycles. The number of aliphatic hydroxyl groups is 1. The highest BCUT2D eigenvalue weighted by Gasteiger charge is 2.34. The maximum Gasteiger partial charge on any atom is 0.336 e. The quantitative estimate of drug-likeness (QED) is 0.613. The molecular weight excluding hydrogens is 372 g/mol. The lowest BCUT2D eigenvalue weighted by molar-refractivity contribution is -0.136. The third-order valence-electron chi connectivity index (χ3n) is 6.65. The fourth-order valence-corrected chi connectivity index (χ4v) is 4.38. The maximum absolute atomic E-state index is 12.6. The van der Waals surface area contributed by atoms with Crippen LogP contribution in [-0.4, -0.2) is 52.7 Å². The van der Waals surface area contributed by atoms with Crippen molar-refractivity contribution in [3.8, 4) is 5.75 Å². The highest BCUT2D eigenvalue weighted by Crippen LogP contribution is 2.33. The van der Waals surface area contributed by atoms with Crippen LogP contribution in [0.4, 0.5) is 0 Å². The van der Waals surface area contributed by atoms with Gasteiger partial charge in [0.2, 0.25) is 5.91 Å². The molecule has 3 rings (SSSR count). The van der Waals surface area contributed by atoms with E-state index in [9.17, 15) is 19.8 Å².